The van der Waals surface area contributed by atoms with Crippen LogP contribution in [0.15, 0.2) is 77.4 Å². The number of aliphatic hydroxyl groups excluding tert-OH is 1. The van der Waals surface area contributed by atoms with Crippen molar-refractivity contribution in [3.63, 3.8) is 0 Å². The Morgan fingerprint density at radius 2 is 1.69 bits per heavy atom. The minimum Gasteiger partial charge on any atom is -0.497 e. The summed E-state index contributed by atoms with van der Waals surface area (Å²) in [5.74, 6) is 1.74. The highest BCUT2D eigenvalue weighted by Gasteiger charge is 2.15. The van der Waals surface area contributed by atoms with E-state index in [1.807, 2.05) is 54.6 Å². The van der Waals surface area contributed by atoms with Crippen molar-refractivity contribution in [2.24, 2.45) is 0 Å². The number of methoxy groups -OCH3 is 1. The van der Waals surface area contributed by atoms with E-state index >= 15 is 0 Å². The molecule has 4 nitrogen and oxygen atoms in total. The lowest BCUT2D eigenvalue weighted by atomic mass is 10.1. The molecule has 136 valence electrons. The van der Waals surface area contributed by atoms with Gasteiger partial charge in [0.15, 0.2) is 0 Å². The summed E-state index contributed by atoms with van der Waals surface area (Å²) in [4.78, 5) is 2.20. The first-order chi connectivity index (χ1) is 12.7. The molecule has 0 spiro atoms. The van der Waals surface area contributed by atoms with Crippen LogP contribution in [0, 0.1) is 0 Å². The van der Waals surface area contributed by atoms with Crippen molar-refractivity contribution in [1.82, 2.24) is 4.90 Å². The molecule has 2 aromatic carbocycles. The summed E-state index contributed by atoms with van der Waals surface area (Å²) >= 11 is 0. The fourth-order valence-electron chi connectivity index (χ4n) is 3.05. The van der Waals surface area contributed by atoms with E-state index < -0.39 is 6.10 Å². The molecule has 26 heavy (non-hydrogen) atoms. The van der Waals surface area contributed by atoms with Gasteiger partial charge in [-0.2, -0.15) is 0 Å². The van der Waals surface area contributed by atoms with E-state index in [1.54, 1.807) is 13.4 Å². The van der Waals surface area contributed by atoms with E-state index in [1.165, 1.54) is 5.56 Å². The van der Waals surface area contributed by atoms with E-state index in [-0.39, 0.29) is 0 Å². The van der Waals surface area contributed by atoms with Crippen molar-refractivity contribution in [2.45, 2.75) is 25.6 Å². The normalized spacial score (nSPS) is 12.3. The molecule has 3 aromatic rings. The number of benzene rings is 2. The number of hydrogen-bond acceptors (Lipinski definition) is 4. The molecule has 0 saturated carbocycles. The Labute approximate surface area is 154 Å². The van der Waals surface area contributed by atoms with Gasteiger partial charge in [0.05, 0.1) is 26.0 Å². The highest BCUT2D eigenvalue weighted by molar-refractivity contribution is 5.27. The van der Waals surface area contributed by atoms with Crippen LogP contribution in [-0.2, 0) is 19.5 Å². The molecule has 0 radical (unpaired) electrons. The summed E-state index contributed by atoms with van der Waals surface area (Å²) in [7, 11) is 1.66. The molecule has 0 aliphatic rings. The first-order valence-corrected chi connectivity index (χ1v) is 8.82. The maximum atomic E-state index is 10.6. The van der Waals surface area contributed by atoms with E-state index in [0.29, 0.717) is 19.5 Å². The van der Waals surface area contributed by atoms with Crippen LogP contribution in [0.5, 0.6) is 5.75 Å². The lowest BCUT2D eigenvalue weighted by Crippen LogP contribution is -2.32. The average molecular weight is 351 g/mol. The Kier molecular flexibility index (Phi) is 6.47. The summed E-state index contributed by atoms with van der Waals surface area (Å²) in [6, 6.07) is 22.0. The maximum absolute atomic E-state index is 10.6. The molecule has 0 bridgehead atoms. The third kappa shape index (κ3) is 5.48. The fraction of sp³-hybridized carbons (Fsp3) is 0.273. The second kappa shape index (κ2) is 9.22. The first-order valence-electron chi connectivity index (χ1n) is 8.82. The number of rotatable bonds is 9. The highest BCUT2D eigenvalue weighted by Crippen LogP contribution is 2.16. The summed E-state index contributed by atoms with van der Waals surface area (Å²) < 4.78 is 10.7. The molecule has 1 atom stereocenters. The predicted molar refractivity (Wildman–Crippen MR) is 102 cm³/mol. The Balaban J connectivity index is 1.65. The zero-order valence-corrected chi connectivity index (χ0v) is 15.0. The summed E-state index contributed by atoms with van der Waals surface area (Å²) in [5, 5.41) is 10.6. The molecular formula is C22H25NO3. The SMILES string of the molecule is COc1ccc(CN(Cc2ccco2)C[C@@H](O)Cc2ccccc2)cc1. The number of nitrogens with zero attached hydrogens (tertiary/aromatic N) is 1. The van der Waals surface area contributed by atoms with Crippen molar-refractivity contribution in [3.05, 3.63) is 89.9 Å². The summed E-state index contributed by atoms with van der Waals surface area (Å²) in [5.41, 5.74) is 2.31. The van der Waals surface area contributed by atoms with Crippen LogP contribution in [0.4, 0.5) is 0 Å². The van der Waals surface area contributed by atoms with Crippen LogP contribution < -0.4 is 4.74 Å². The van der Waals surface area contributed by atoms with Gasteiger partial charge < -0.3 is 14.3 Å². The Hall–Kier alpha value is -2.56. The Morgan fingerprint density at radius 3 is 2.35 bits per heavy atom. The van der Waals surface area contributed by atoms with Crippen LogP contribution >= 0.6 is 0 Å². The number of furan rings is 1. The van der Waals surface area contributed by atoms with Crippen LogP contribution in [0.25, 0.3) is 0 Å². The van der Waals surface area contributed by atoms with E-state index in [0.717, 1.165) is 23.6 Å². The molecule has 0 unspecified atom stereocenters. The minimum absolute atomic E-state index is 0.439. The van der Waals surface area contributed by atoms with Crippen molar-refractivity contribution in [2.75, 3.05) is 13.7 Å². The van der Waals surface area contributed by atoms with Gasteiger partial charge in [0.2, 0.25) is 0 Å². The smallest absolute Gasteiger partial charge is 0.118 e. The molecule has 0 amide bonds. The molecule has 0 aliphatic heterocycles. The van der Waals surface area contributed by atoms with Crippen LogP contribution in [0.2, 0.25) is 0 Å². The Bertz CT molecular complexity index is 754. The lowest BCUT2D eigenvalue weighted by Gasteiger charge is -2.24. The number of hydrogen-bond donors (Lipinski definition) is 1. The minimum atomic E-state index is -0.439. The molecule has 0 fully saturated rings. The monoisotopic (exact) mass is 351 g/mol. The third-order valence-corrected chi connectivity index (χ3v) is 4.31. The average Bonchev–Trinajstić information content (AvgIpc) is 3.16. The van der Waals surface area contributed by atoms with Crippen LogP contribution in [0.1, 0.15) is 16.9 Å². The van der Waals surface area contributed by atoms with Crippen molar-refractivity contribution in [1.29, 1.82) is 0 Å². The highest BCUT2D eigenvalue weighted by atomic mass is 16.5. The molecule has 0 saturated heterocycles. The van der Waals surface area contributed by atoms with Gasteiger partial charge in [-0.1, -0.05) is 42.5 Å². The molecule has 4 heteroatoms. The van der Waals surface area contributed by atoms with E-state index in [4.69, 9.17) is 9.15 Å². The second-order valence-electron chi connectivity index (χ2n) is 6.44. The van der Waals surface area contributed by atoms with Gasteiger partial charge >= 0.3 is 0 Å². The standard InChI is InChI=1S/C22H25NO3/c1-25-21-11-9-19(10-12-21)15-23(17-22-8-5-13-26-22)16-20(24)14-18-6-3-2-4-7-18/h2-13,20,24H,14-17H2,1H3/t20-/m0/s1. The van der Waals surface area contributed by atoms with Gasteiger partial charge in [0, 0.05) is 13.1 Å². The van der Waals surface area contributed by atoms with Crippen LogP contribution in [-0.4, -0.2) is 29.8 Å². The van der Waals surface area contributed by atoms with Gasteiger partial charge in [0.25, 0.3) is 0 Å². The zero-order valence-electron chi connectivity index (χ0n) is 15.0. The molecule has 3 rings (SSSR count). The number of aliphatic hydroxyl groups is 1. The lowest BCUT2D eigenvalue weighted by molar-refractivity contribution is 0.100. The zero-order chi connectivity index (χ0) is 18.2. The van der Waals surface area contributed by atoms with Gasteiger partial charge in [0.1, 0.15) is 11.5 Å². The van der Waals surface area contributed by atoms with Crippen molar-refractivity contribution in [3.8, 4) is 5.75 Å². The second-order valence-corrected chi connectivity index (χ2v) is 6.44. The van der Waals surface area contributed by atoms with Gasteiger partial charge in [-0.3, -0.25) is 4.90 Å². The largest absolute Gasteiger partial charge is 0.497 e. The van der Waals surface area contributed by atoms with Crippen molar-refractivity contribution >= 4 is 0 Å². The molecular weight excluding hydrogens is 326 g/mol. The van der Waals surface area contributed by atoms with Gasteiger partial charge in [-0.25, -0.2) is 0 Å². The maximum Gasteiger partial charge on any atom is 0.118 e. The van der Waals surface area contributed by atoms with Gasteiger partial charge in [-0.05, 0) is 41.8 Å². The van der Waals surface area contributed by atoms with Crippen molar-refractivity contribution < 1.29 is 14.3 Å². The fourth-order valence-corrected chi connectivity index (χ4v) is 3.05. The first kappa shape index (κ1) is 18.2. The Morgan fingerprint density at radius 1 is 0.923 bits per heavy atom. The molecule has 1 aromatic heterocycles. The summed E-state index contributed by atoms with van der Waals surface area (Å²) in [6.45, 7) is 1.96. The quantitative estimate of drug-likeness (QED) is 0.635. The predicted octanol–water partition coefficient (Wildman–Crippen LogP) is 3.89. The molecule has 1 heterocycles. The van der Waals surface area contributed by atoms with E-state index in [2.05, 4.69) is 17.0 Å². The number of ether oxygens (including phenoxy) is 1. The van der Waals surface area contributed by atoms with Gasteiger partial charge in [-0.15, -0.1) is 0 Å². The van der Waals surface area contributed by atoms with Crippen LogP contribution in [0.3, 0.4) is 0 Å². The third-order valence-electron chi connectivity index (χ3n) is 4.31. The molecule has 1 N–H and O–H groups in total. The topological polar surface area (TPSA) is 45.8 Å². The van der Waals surface area contributed by atoms with E-state index in [9.17, 15) is 5.11 Å². The summed E-state index contributed by atoms with van der Waals surface area (Å²) in [6.07, 6.45) is 1.88. The molecule has 0 aliphatic carbocycles.